The van der Waals surface area contributed by atoms with Crippen molar-refractivity contribution >= 4 is 17.2 Å². The zero-order valence-electron chi connectivity index (χ0n) is 13.8. The molecule has 2 atom stereocenters. The lowest BCUT2D eigenvalue weighted by molar-refractivity contribution is -0.120. The summed E-state index contributed by atoms with van der Waals surface area (Å²) in [7, 11) is 0. The van der Waals surface area contributed by atoms with Crippen LogP contribution in [0.1, 0.15) is 22.7 Å². The highest BCUT2D eigenvalue weighted by atomic mass is 32.1. The summed E-state index contributed by atoms with van der Waals surface area (Å²) in [6.07, 6.45) is 0.693. The van der Waals surface area contributed by atoms with Gasteiger partial charge in [0, 0.05) is 31.1 Å². The number of aromatic nitrogens is 1. The van der Waals surface area contributed by atoms with Gasteiger partial charge in [-0.3, -0.25) is 9.69 Å². The predicted molar refractivity (Wildman–Crippen MR) is 94.8 cm³/mol. The molecule has 6 heteroatoms. The third kappa shape index (κ3) is 4.63. The van der Waals surface area contributed by atoms with Gasteiger partial charge in [-0.15, -0.1) is 11.3 Å². The fourth-order valence-corrected chi connectivity index (χ4v) is 3.74. The maximum absolute atomic E-state index is 12.1. The first kappa shape index (κ1) is 17.1. The molecule has 128 valence electrons. The van der Waals surface area contributed by atoms with E-state index in [1.807, 2.05) is 30.5 Å². The summed E-state index contributed by atoms with van der Waals surface area (Å²) < 4.78 is 0. The Balaban J connectivity index is 1.51. The average Bonchev–Trinajstić information content (AvgIpc) is 3.12. The van der Waals surface area contributed by atoms with Crippen molar-refractivity contribution in [3.63, 3.8) is 0 Å². The van der Waals surface area contributed by atoms with E-state index in [1.165, 1.54) is 5.56 Å². The molecule has 0 aliphatic carbocycles. The van der Waals surface area contributed by atoms with E-state index in [2.05, 4.69) is 27.3 Å². The van der Waals surface area contributed by atoms with Crippen molar-refractivity contribution in [1.82, 2.24) is 15.2 Å². The Morgan fingerprint density at radius 3 is 2.92 bits per heavy atom. The number of β-amino-alcohol motifs (C(OH)–C–C–N with tert-alkyl or cyclic N) is 1. The predicted octanol–water partition coefficient (Wildman–Crippen LogP) is 1.75. The number of amides is 1. The molecule has 5 nitrogen and oxygen atoms in total. The van der Waals surface area contributed by atoms with Gasteiger partial charge in [0.05, 0.1) is 23.2 Å². The number of rotatable bonds is 6. The number of carbonyl (C=O) groups is 1. The Bertz CT molecular complexity index is 674. The maximum atomic E-state index is 12.1. The molecule has 0 bridgehead atoms. The number of thiazole rings is 1. The minimum absolute atomic E-state index is 0.0126. The summed E-state index contributed by atoms with van der Waals surface area (Å²) in [5.74, 6) is -0.0126. The molecule has 1 aromatic heterocycles. The average molecular weight is 345 g/mol. The van der Waals surface area contributed by atoms with Crippen LogP contribution in [0.15, 0.2) is 35.7 Å². The minimum Gasteiger partial charge on any atom is -0.392 e. The molecule has 2 heterocycles. The summed E-state index contributed by atoms with van der Waals surface area (Å²) in [6, 6.07) is 10.4. The number of aryl methyl sites for hydroxylation is 1. The van der Waals surface area contributed by atoms with Crippen molar-refractivity contribution in [2.45, 2.75) is 38.5 Å². The van der Waals surface area contributed by atoms with Crippen molar-refractivity contribution in [1.29, 1.82) is 0 Å². The second-order valence-electron chi connectivity index (χ2n) is 6.30. The fourth-order valence-electron chi connectivity index (χ4n) is 3.13. The highest BCUT2D eigenvalue weighted by Gasteiger charge is 2.30. The summed E-state index contributed by atoms with van der Waals surface area (Å²) in [5, 5.41) is 15.9. The lowest BCUT2D eigenvalue weighted by atomic mass is 10.1. The molecule has 1 saturated heterocycles. The van der Waals surface area contributed by atoms with Crippen LogP contribution in [0.5, 0.6) is 0 Å². The van der Waals surface area contributed by atoms with Gasteiger partial charge < -0.3 is 10.4 Å². The van der Waals surface area contributed by atoms with Crippen LogP contribution < -0.4 is 5.32 Å². The quantitative estimate of drug-likeness (QED) is 0.837. The van der Waals surface area contributed by atoms with Crippen LogP contribution in [0.2, 0.25) is 0 Å². The van der Waals surface area contributed by atoms with Crippen LogP contribution >= 0.6 is 11.3 Å². The number of hydrogen-bond acceptors (Lipinski definition) is 5. The largest absolute Gasteiger partial charge is 0.392 e. The fraction of sp³-hybridized carbons (Fsp3) is 0.444. The Morgan fingerprint density at radius 2 is 2.21 bits per heavy atom. The molecule has 0 spiro atoms. The highest BCUT2D eigenvalue weighted by Crippen LogP contribution is 2.20. The van der Waals surface area contributed by atoms with E-state index in [4.69, 9.17) is 0 Å². The van der Waals surface area contributed by atoms with Gasteiger partial charge in [-0.2, -0.15) is 0 Å². The van der Waals surface area contributed by atoms with Crippen molar-refractivity contribution < 1.29 is 9.90 Å². The molecule has 2 N–H and O–H groups in total. The van der Waals surface area contributed by atoms with Crippen LogP contribution in [-0.2, 0) is 17.8 Å². The molecule has 1 aliphatic heterocycles. The number of benzene rings is 1. The summed E-state index contributed by atoms with van der Waals surface area (Å²) in [4.78, 5) is 18.7. The number of aliphatic hydroxyl groups is 1. The van der Waals surface area contributed by atoms with Gasteiger partial charge in [0.25, 0.3) is 0 Å². The molecule has 2 unspecified atom stereocenters. The molecule has 2 aromatic rings. The van der Waals surface area contributed by atoms with Crippen LogP contribution in [-0.4, -0.2) is 46.1 Å². The summed E-state index contributed by atoms with van der Waals surface area (Å²) >= 11 is 1.56. The number of nitrogens with one attached hydrogen (secondary N) is 1. The molecule has 1 amide bonds. The lowest BCUT2D eigenvalue weighted by Gasteiger charge is -2.24. The zero-order chi connectivity index (χ0) is 16.9. The van der Waals surface area contributed by atoms with Gasteiger partial charge in [0.2, 0.25) is 5.91 Å². The van der Waals surface area contributed by atoms with Crippen LogP contribution in [0.4, 0.5) is 0 Å². The molecule has 3 rings (SSSR count). The molecular formula is C18H23N3O2S. The van der Waals surface area contributed by atoms with Crippen LogP contribution in [0, 0.1) is 6.92 Å². The van der Waals surface area contributed by atoms with Crippen molar-refractivity contribution in [2.75, 3.05) is 13.1 Å². The Morgan fingerprint density at radius 1 is 1.42 bits per heavy atom. The van der Waals surface area contributed by atoms with E-state index < -0.39 is 0 Å². The highest BCUT2D eigenvalue weighted by molar-refractivity contribution is 7.09. The Hall–Kier alpha value is -1.76. The van der Waals surface area contributed by atoms with Gasteiger partial charge >= 0.3 is 0 Å². The van der Waals surface area contributed by atoms with Crippen molar-refractivity contribution in [2.24, 2.45) is 0 Å². The minimum atomic E-state index is -0.322. The summed E-state index contributed by atoms with van der Waals surface area (Å²) in [6.45, 7) is 3.95. The van der Waals surface area contributed by atoms with E-state index in [0.717, 1.165) is 17.2 Å². The van der Waals surface area contributed by atoms with E-state index in [9.17, 15) is 9.90 Å². The second kappa shape index (κ2) is 7.88. The normalized spacial score (nSPS) is 21.1. The Kier molecular flexibility index (Phi) is 5.60. The SMILES string of the molecule is Cc1nc(CC(=O)NCC2CC(O)CN2Cc2ccccc2)cs1. The second-order valence-corrected chi connectivity index (χ2v) is 7.36. The number of aliphatic hydroxyl groups excluding tert-OH is 1. The topological polar surface area (TPSA) is 65.5 Å². The summed E-state index contributed by atoms with van der Waals surface area (Å²) in [5.41, 5.74) is 2.04. The van der Waals surface area contributed by atoms with Crippen LogP contribution in [0.25, 0.3) is 0 Å². The number of hydrogen-bond donors (Lipinski definition) is 2. The molecule has 0 radical (unpaired) electrons. The van der Waals surface area contributed by atoms with Crippen LogP contribution in [0.3, 0.4) is 0 Å². The monoisotopic (exact) mass is 345 g/mol. The van der Waals surface area contributed by atoms with Gasteiger partial charge in [0.15, 0.2) is 0 Å². The van der Waals surface area contributed by atoms with Gasteiger partial charge in [-0.1, -0.05) is 30.3 Å². The standard InChI is InChI=1S/C18H23N3O2S/c1-13-20-15(12-24-13)7-18(23)19-9-16-8-17(22)11-21(16)10-14-5-3-2-4-6-14/h2-6,12,16-17,22H,7-11H2,1H3,(H,19,23). The Labute approximate surface area is 146 Å². The molecule has 24 heavy (non-hydrogen) atoms. The van der Waals surface area contributed by atoms with E-state index in [1.54, 1.807) is 11.3 Å². The first-order chi connectivity index (χ1) is 11.6. The molecule has 1 aromatic carbocycles. The van der Waals surface area contributed by atoms with Crippen molar-refractivity contribution in [3.05, 3.63) is 52.0 Å². The zero-order valence-corrected chi connectivity index (χ0v) is 14.6. The smallest absolute Gasteiger partial charge is 0.226 e. The first-order valence-electron chi connectivity index (χ1n) is 8.24. The third-order valence-electron chi connectivity index (χ3n) is 4.28. The van der Waals surface area contributed by atoms with Gasteiger partial charge in [-0.25, -0.2) is 4.98 Å². The van der Waals surface area contributed by atoms with E-state index in [0.29, 0.717) is 25.9 Å². The van der Waals surface area contributed by atoms with E-state index >= 15 is 0 Å². The first-order valence-corrected chi connectivity index (χ1v) is 9.12. The molecule has 1 aliphatic rings. The number of nitrogens with zero attached hydrogens (tertiary/aromatic N) is 2. The third-order valence-corrected chi connectivity index (χ3v) is 5.10. The lowest BCUT2D eigenvalue weighted by Crippen LogP contribution is -2.40. The molecule has 0 saturated carbocycles. The number of likely N-dealkylation sites (tertiary alicyclic amines) is 1. The molecule has 1 fully saturated rings. The maximum Gasteiger partial charge on any atom is 0.226 e. The van der Waals surface area contributed by atoms with E-state index in [-0.39, 0.29) is 18.1 Å². The van der Waals surface area contributed by atoms with Gasteiger partial charge in [-0.05, 0) is 18.9 Å². The number of carbonyl (C=O) groups excluding carboxylic acids is 1. The van der Waals surface area contributed by atoms with Crippen molar-refractivity contribution in [3.8, 4) is 0 Å². The van der Waals surface area contributed by atoms with Gasteiger partial charge in [0.1, 0.15) is 0 Å². The molecular weight excluding hydrogens is 322 g/mol.